The molecule has 0 radical (unpaired) electrons. The predicted molar refractivity (Wildman–Crippen MR) is 128 cm³/mol. The summed E-state index contributed by atoms with van der Waals surface area (Å²) in [7, 11) is 0. The smallest absolute Gasteiger partial charge is 0.265 e. The van der Waals surface area contributed by atoms with E-state index in [4.69, 9.17) is 4.98 Å². The van der Waals surface area contributed by atoms with Gasteiger partial charge >= 0.3 is 0 Å². The fourth-order valence-electron chi connectivity index (χ4n) is 4.69. The summed E-state index contributed by atoms with van der Waals surface area (Å²) in [5.74, 6) is 0.295. The molecule has 1 aromatic heterocycles. The maximum Gasteiger partial charge on any atom is 0.265 e. The van der Waals surface area contributed by atoms with Crippen LogP contribution in [0, 0.1) is 13.8 Å². The minimum absolute atomic E-state index is 0.0614. The topological polar surface area (TPSA) is 55.2 Å². The Kier molecular flexibility index (Phi) is 4.89. The van der Waals surface area contributed by atoms with Crippen molar-refractivity contribution >= 4 is 22.5 Å². The Morgan fingerprint density at radius 2 is 1.69 bits per heavy atom. The minimum Gasteiger partial charge on any atom is -0.312 e. The van der Waals surface area contributed by atoms with E-state index in [1.54, 1.807) is 10.6 Å². The summed E-state index contributed by atoms with van der Waals surface area (Å²) in [6.45, 7) is 6.64. The zero-order valence-electron chi connectivity index (χ0n) is 18.5. The van der Waals surface area contributed by atoms with Gasteiger partial charge in [-0.2, -0.15) is 0 Å². The Hall–Kier alpha value is -3.73. The third-order valence-corrected chi connectivity index (χ3v) is 6.22. The monoisotopic (exact) mass is 423 g/mol. The van der Waals surface area contributed by atoms with Crippen LogP contribution in [-0.4, -0.2) is 22.0 Å². The van der Waals surface area contributed by atoms with Crippen molar-refractivity contribution in [1.29, 1.82) is 0 Å². The molecule has 0 bridgehead atoms. The molecular formula is C27H25N3O2. The number of fused-ring (bicyclic) bond motifs is 2. The second kappa shape index (κ2) is 7.75. The van der Waals surface area contributed by atoms with Gasteiger partial charge in [-0.15, -0.1) is 0 Å². The Labute approximate surface area is 187 Å². The summed E-state index contributed by atoms with van der Waals surface area (Å²) in [6.07, 6.45) is 0.361. The van der Waals surface area contributed by atoms with Gasteiger partial charge in [-0.05, 0) is 62.2 Å². The molecule has 0 aliphatic carbocycles. The third-order valence-electron chi connectivity index (χ3n) is 6.22. The van der Waals surface area contributed by atoms with Crippen molar-refractivity contribution in [2.24, 2.45) is 0 Å². The SMILES string of the molecule is CCN1C(=O)[C@H](Cc2nc3ccccc3c(=O)n2-c2cccc(C)c2)c2cc(C)ccc21. The highest BCUT2D eigenvalue weighted by Crippen LogP contribution is 2.39. The molecule has 0 saturated carbocycles. The average Bonchev–Trinajstić information content (AvgIpc) is 3.04. The zero-order valence-corrected chi connectivity index (χ0v) is 18.5. The quantitative estimate of drug-likeness (QED) is 0.478. The molecule has 1 aliphatic rings. The fourth-order valence-corrected chi connectivity index (χ4v) is 4.69. The number of likely N-dealkylation sites (N-methyl/N-ethyl adjacent to an activating group) is 1. The van der Waals surface area contributed by atoms with Crippen molar-refractivity contribution in [2.45, 2.75) is 33.1 Å². The highest BCUT2D eigenvalue weighted by molar-refractivity contribution is 6.05. The van der Waals surface area contributed by atoms with E-state index in [0.717, 1.165) is 28.1 Å². The normalized spacial score (nSPS) is 15.4. The van der Waals surface area contributed by atoms with Crippen molar-refractivity contribution in [1.82, 2.24) is 9.55 Å². The van der Waals surface area contributed by atoms with Crippen LogP contribution in [-0.2, 0) is 11.2 Å². The van der Waals surface area contributed by atoms with Gasteiger partial charge in [0.1, 0.15) is 5.82 Å². The molecule has 4 aromatic rings. The fraction of sp³-hybridized carbons (Fsp3) is 0.222. The van der Waals surface area contributed by atoms with Crippen molar-refractivity contribution in [2.75, 3.05) is 11.4 Å². The van der Waals surface area contributed by atoms with E-state index < -0.39 is 0 Å². The highest BCUT2D eigenvalue weighted by atomic mass is 16.2. The number of rotatable bonds is 4. The number of nitrogens with zero attached hydrogens (tertiary/aromatic N) is 3. The van der Waals surface area contributed by atoms with Gasteiger partial charge in [0, 0.05) is 18.7 Å². The van der Waals surface area contributed by atoms with Crippen molar-refractivity contribution in [3.8, 4) is 5.69 Å². The molecule has 5 rings (SSSR count). The molecule has 1 atom stereocenters. The molecular weight excluding hydrogens is 398 g/mol. The van der Waals surface area contributed by atoms with Gasteiger partial charge in [0.2, 0.25) is 5.91 Å². The molecule has 0 unspecified atom stereocenters. The zero-order chi connectivity index (χ0) is 22.4. The highest BCUT2D eigenvalue weighted by Gasteiger charge is 2.37. The van der Waals surface area contributed by atoms with Gasteiger partial charge in [0.15, 0.2) is 0 Å². The molecule has 3 aromatic carbocycles. The number of benzene rings is 3. The van der Waals surface area contributed by atoms with Crippen LogP contribution in [0.4, 0.5) is 5.69 Å². The number of carbonyl (C=O) groups excluding carboxylic acids is 1. The minimum atomic E-state index is -0.367. The summed E-state index contributed by atoms with van der Waals surface area (Å²) in [6, 6.07) is 21.4. The molecule has 1 amide bonds. The van der Waals surface area contributed by atoms with Crippen LogP contribution in [0.25, 0.3) is 16.6 Å². The summed E-state index contributed by atoms with van der Waals surface area (Å²) in [4.78, 5) is 33.6. The van der Waals surface area contributed by atoms with Crippen LogP contribution < -0.4 is 10.5 Å². The van der Waals surface area contributed by atoms with Crippen molar-refractivity contribution in [3.05, 3.63) is 99.6 Å². The Balaban J connectivity index is 1.71. The largest absolute Gasteiger partial charge is 0.312 e. The van der Waals surface area contributed by atoms with Gasteiger partial charge < -0.3 is 4.90 Å². The van der Waals surface area contributed by atoms with E-state index in [1.807, 2.05) is 80.3 Å². The van der Waals surface area contributed by atoms with Crippen LogP contribution in [0.5, 0.6) is 0 Å². The predicted octanol–water partition coefficient (Wildman–Crippen LogP) is 4.70. The maximum atomic E-state index is 13.6. The number of hydrogen-bond acceptors (Lipinski definition) is 3. The molecule has 0 saturated heterocycles. The number of carbonyl (C=O) groups is 1. The van der Waals surface area contributed by atoms with Gasteiger partial charge in [0.25, 0.3) is 5.56 Å². The first-order valence-electron chi connectivity index (χ1n) is 11.0. The first-order chi connectivity index (χ1) is 15.5. The first-order valence-corrected chi connectivity index (χ1v) is 11.0. The van der Waals surface area contributed by atoms with E-state index in [-0.39, 0.29) is 17.4 Å². The number of hydrogen-bond donors (Lipinski definition) is 0. The number of amides is 1. The standard InChI is InChI=1S/C27H25N3O2/c1-4-29-24-13-12-18(3)15-21(24)22(26(29)31)16-25-28-23-11-6-5-10-20(23)27(32)30(25)19-9-7-8-17(2)14-19/h5-15,22H,4,16H2,1-3H3/t22-/m1/s1. The lowest BCUT2D eigenvalue weighted by molar-refractivity contribution is -0.119. The van der Waals surface area contributed by atoms with E-state index in [9.17, 15) is 9.59 Å². The molecule has 2 heterocycles. The maximum absolute atomic E-state index is 13.6. The van der Waals surface area contributed by atoms with Gasteiger partial charge in [-0.3, -0.25) is 14.2 Å². The molecule has 0 fully saturated rings. The second-order valence-electron chi connectivity index (χ2n) is 8.43. The number of anilines is 1. The average molecular weight is 424 g/mol. The third kappa shape index (κ3) is 3.21. The van der Waals surface area contributed by atoms with E-state index in [1.165, 1.54) is 0 Å². The lowest BCUT2D eigenvalue weighted by atomic mass is 9.95. The van der Waals surface area contributed by atoms with Crippen LogP contribution in [0.1, 0.15) is 35.4 Å². The molecule has 5 nitrogen and oxygen atoms in total. The lowest BCUT2D eigenvalue weighted by Gasteiger charge is -2.18. The molecule has 0 N–H and O–H groups in total. The summed E-state index contributed by atoms with van der Waals surface area (Å²) < 4.78 is 1.67. The number of aromatic nitrogens is 2. The Morgan fingerprint density at radius 1 is 0.906 bits per heavy atom. The lowest BCUT2D eigenvalue weighted by Crippen LogP contribution is -2.31. The van der Waals surface area contributed by atoms with Crippen LogP contribution in [0.2, 0.25) is 0 Å². The van der Waals surface area contributed by atoms with Gasteiger partial charge in [-0.25, -0.2) is 4.98 Å². The van der Waals surface area contributed by atoms with Crippen LogP contribution >= 0.6 is 0 Å². The number of para-hydroxylation sites is 1. The molecule has 1 aliphatic heterocycles. The first kappa shape index (κ1) is 20.2. The Bertz CT molecular complexity index is 1420. The molecule has 0 spiro atoms. The van der Waals surface area contributed by atoms with E-state index in [0.29, 0.717) is 29.7 Å². The van der Waals surface area contributed by atoms with E-state index in [2.05, 4.69) is 6.07 Å². The molecule has 160 valence electrons. The molecule has 32 heavy (non-hydrogen) atoms. The van der Waals surface area contributed by atoms with Gasteiger partial charge in [0.05, 0.1) is 22.5 Å². The van der Waals surface area contributed by atoms with Gasteiger partial charge in [-0.1, -0.05) is 42.0 Å². The summed E-state index contributed by atoms with van der Waals surface area (Å²) in [5, 5.41) is 0.571. The van der Waals surface area contributed by atoms with E-state index >= 15 is 0 Å². The summed E-state index contributed by atoms with van der Waals surface area (Å²) in [5.41, 5.74) is 5.45. The number of aryl methyl sites for hydroxylation is 2. The van der Waals surface area contributed by atoms with Crippen molar-refractivity contribution in [3.63, 3.8) is 0 Å². The second-order valence-corrected chi connectivity index (χ2v) is 8.43. The van der Waals surface area contributed by atoms with Crippen LogP contribution in [0.3, 0.4) is 0 Å². The van der Waals surface area contributed by atoms with Crippen LogP contribution in [0.15, 0.2) is 71.5 Å². The van der Waals surface area contributed by atoms with Crippen molar-refractivity contribution < 1.29 is 4.79 Å². The summed E-state index contributed by atoms with van der Waals surface area (Å²) >= 11 is 0. The Morgan fingerprint density at radius 3 is 2.47 bits per heavy atom. The molecule has 5 heteroatoms.